The Labute approximate surface area is 196 Å². The van der Waals surface area contributed by atoms with Crippen LogP contribution in [0.2, 0.25) is 0 Å². The van der Waals surface area contributed by atoms with Crippen molar-refractivity contribution in [3.05, 3.63) is 17.8 Å². The zero-order valence-corrected chi connectivity index (χ0v) is 19.6. The fourth-order valence-electron chi connectivity index (χ4n) is 5.84. The molecule has 33 heavy (non-hydrogen) atoms. The van der Waals surface area contributed by atoms with Crippen molar-refractivity contribution in [1.82, 2.24) is 15.2 Å². The molecule has 3 fully saturated rings. The molecule has 1 aromatic rings. The van der Waals surface area contributed by atoms with Crippen LogP contribution in [0.15, 0.2) is 12.3 Å². The maximum absolute atomic E-state index is 12.3. The van der Waals surface area contributed by atoms with Crippen LogP contribution in [0.3, 0.4) is 0 Å². The van der Waals surface area contributed by atoms with E-state index in [0.29, 0.717) is 25.5 Å². The van der Waals surface area contributed by atoms with Gasteiger partial charge in [-0.1, -0.05) is 0 Å². The molecule has 4 heterocycles. The maximum Gasteiger partial charge on any atom is 0.222 e. The number of carbonyl (C=O) groups is 1. The van der Waals surface area contributed by atoms with E-state index >= 15 is 0 Å². The zero-order chi connectivity index (χ0) is 22.6. The molecule has 1 aliphatic carbocycles. The number of anilines is 1. The van der Waals surface area contributed by atoms with Crippen LogP contribution in [0.25, 0.3) is 0 Å². The Kier molecular flexibility index (Phi) is 7.33. The van der Waals surface area contributed by atoms with Gasteiger partial charge in [-0.05, 0) is 50.6 Å². The van der Waals surface area contributed by atoms with E-state index < -0.39 is 6.10 Å². The summed E-state index contributed by atoms with van der Waals surface area (Å²) in [6.45, 7) is 6.55. The topological polar surface area (TPSA) is 87.2 Å². The van der Waals surface area contributed by atoms with Crippen molar-refractivity contribution in [1.29, 1.82) is 0 Å². The van der Waals surface area contributed by atoms with Gasteiger partial charge < -0.3 is 24.8 Å². The molecule has 8 nitrogen and oxygen atoms in total. The van der Waals surface area contributed by atoms with Gasteiger partial charge in [0.2, 0.25) is 5.91 Å². The van der Waals surface area contributed by atoms with Gasteiger partial charge in [0.05, 0.1) is 31.8 Å². The number of carbonyl (C=O) groups excluding carboxylic acids is 1. The fraction of sp³-hybridized carbons (Fsp3) is 0.760. The van der Waals surface area contributed by atoms with E-state index in [1.54, 1.807) is 0 Å². The lowest BCUT2D eigenvalue weighted by molar-refractivity contribution is -0.124. The monoisotopic (exact) mass is 458 g/mol. The first kappa shape index (κ1) is 22.9. The van der Waals surface area contributed by atoms with E-state index in [9.17, 15) is 9.90 Å². The van der Waals surface area contributed by atoms with Crippen molar-refractivity contribution >= 4 is 11.7 Å². The van der Waals surface area contributed by atoms with Crippen LogP contribution >= 0.6 is 0 Å². The molecule has 0 spiro atoms. The summed E-state index contributed by atoms with van der Waals surface area (Å²) in [5.41, 5.74) is 1.28. The average molecular weight is 459 g/mol. The summed E-state index contributed by atoms with van der Waals surface area (Å²) in [5, 5.41) is 12.7. The number of aliphatic hydroxyl groups excluding tert-OH is 1. The van der Waals surface area contributed by atoms with E-state index in [-0.39, 0.29) is 12.0 Å². The molecule has 2 N–H and O–H groups in total. The Morgan fingerprint density at radius 2 is 2.00 bits per heavy atom. The van der Waals surface area contributed by atoms with Crippen molar-refractivity contribution in [2.45, 2.75) is 69.6 Å². The standard InChI is InChI=1S/C25H38N4O4/c30-20-15-21(33-17-20)16-24(31)27-19-3-1-18(2-4-19)6-9-28-10-12-29(13-11-28)25-22-7-14-32-23(22)5-8-26-25/h5,8,18-21,30H,1-4,6-7,9-17H2,(H,27,31)/t18?,19?,20-,21?/m0/s1. The summed E-state index contributed by atoms with van der Waals surface area (Å²) >= 11 is 0. The van der Waals surface area contributed by atoms with Crippen LogP contribution < -0.4 is 15.0 Å². The van der Waals surface area contributed by atoms with Gasteiger partial charge in [0.25, 0.3) is 0 Å². The second-order valence-corrected chi connectivity index (χ2v) is 10.2. The molecule has 0 bridgehead atoms. The summed E-state index contributed by atoms with van der Waals surface area (Å²) in [4.78, 5) is 22.0. The van der Waals surface area contributed by atoms with Crippen molar-refractivity contribution < 1.29 is 19.4 Å². The van der Waals surface area contributed by atoms with Crippen LogP contribution in [-0.2, 0) is 16.0 Å². The molecule has 4 aliphatic rings. The Balaban J connectivity index is 0.981. The summed E-state index contributed by atoms with van der Waals surface area (Å²) in [6.07, 6.45) is 9.06. The molecule has 1 unspecified atom stereocenters. The Morgan fingerprint density at radius 1 is 1.18 bits per heavy atom. The number of piperazine rings is 1. The van der Waals surface area contributed by atoms with E-state index in [4.69, 9.17) is 9.47 Å². The third-order valence-corrected chi connectivity index (χ3v) is 7.81. The van der Waals surface area contributed by atoms with Crippen molar-refractivity contribution in [2.75, 3.05) is 50.8 Å². The largest absolute Gasteiger partial charge is 0.493 e. The van der Waals surface area contributed by atoms with Crippen molar-refractivity contribution in [2.24, 2.45) is 5.92 Å². The third kappa shape index (κ3) is 5.78. The van der Waals surface area contributed by atoms with Crippen molar-refractivity contribution in [3.63, 3.8) is 0 Å². The first-order valence-electron chi connectivity index (χ1n) is 12.8. The first-order chi connectivity index (χ1) is 16.1. The van der Waals surface area contributed by atoms with Crippen LogP contribution in [0.1, 0.15) is 50.5 Å². The molecule has 0 aromatic carbocycles. The number of hydrogen-bond donors (Lipinski definition) is 2. The van der Waals surface area contributed by atoms with Crippen LogP contribution in [-0.4, -0.2) is 85.1 Å². The lowest BCUT2D eigenvalue weighted by atomic mass is 9.84. The molecule has 2 saturated heterocycles. The van der Waals surface area contributed by atoms with Gasteiger partial charge in [0.15, 0.2) is 0 Å². The number of aliphatic hydroxyl groups is 1. The van der Waals surface area contributed by atoms with E-state index in [1.807, 2.05) is 12.3 Å². The van der Waals surface area contributed by atoms with Gasteiger partial charge in [-0.2, -0.15) is 0 Å². The summed E-state index contributed by atoms with van der Waals surface area (Å²) < 4.78 is 11.2. The second kappa shape index (κ2) is 10.6. The number of fused-ring (bicyclic) bond motifs is 1. The molecular weight excluding hydrogens is 420 g/mol. The SMILES string of the molecule is O=C(CC1C[C@H](O)CO1)NC1CCC(CCN2CCN(c3nccc4c3CCO4)CC2)CC1. The Hall–Kier alpha value is -1.90. The number of aromatic nitrogens is 1. The molecule has 182 valence electrons. The highest BCUT2D eigenvalue weighted by molar-refractivity contribution is 5.76. The number of ether oxygens (including phenoxy) is 2. The molecular formula is C25H38N4O4. The van der Waals surface area contributed by atoms with Gasteiger partial charge in [0, 0.05) is 56.8 Å². The molecule has 1 amide bonds. The summed E-state index contributed by atoms with van der Waals surface area (Å²) in [7, 11) is 0. The number of nitrogens with zero attached hydrogens (tertiary/aromatic N) is 3. The quantitative estimate of drug-likeness (QED) is 0.644. The summed E-state index contributed by atoms with van der Waals surface area (Å²) in [5.74, 6) is 2.97. The molecule has 0 radical (unpaired) electrons. The first-order valence-corrected chi connectivity index (χ1v) is 12.8. The van der Waals surface area contributed by atoms with Crippen LogP contribution in [0, 0.1) is 5.92 Å². The highest BCUT2D eigenvalue weighted by Gasteiger charge is 2.29. The van der Waals surface area contributed by atoms with E-state index in [2.05, 4.69) is 20.1 Å². The minimum atomic E-state index is -0.411. The Morgan fingerprint density at radius 3 is 2.76 bits per heavy atom. The molecule has 5 rings (SSSR count). The van der Waals surface area contributed by atoms with E-state index in [0.717, 1.165) is 69.5 Å². The molecule has 1 aromatic heterocycles. The minimum Gasteiger partial charge on any atom is -0.493 e. The second-order valence-electron chi connectivity index (χ2n) is 10.2. The predicted octanol–water partition coefficient (Wildman–Crippen LogP) is 1.74. The number of nitrogens with one attached hydrogen (secondary N) is 1. The number of rotatable bonds is 7. The molecule has 2 atom stereocenters. The molecule has 1 saturated carbocycles. The number of hydrogen-bond acceptors (Lipinski definition) is 7. The van der Waals surface area contributed by atoms with Gasteiger partial charge in [0.1, 0.15) is 11.6 Å². The van der Waals surface area contributed by atoms with Gasteiger partial charge in [-0.3, -0.25) is 9.69 Å². The van der Waals surface area contributed by atoms with Gasteiger partial charge in [-0.25, -0.2) is 4.98 Å². The smallest absolute Gasteiger partial charge is 0.222 e. The maximum atomic E-state index is 12.3. The molecule has 8 heteroatoms. The van der Waals surface area contributed by atoms with E-state index in [1.165, 1.54) is 31.4 Å². The highest BCUT2D eigenvalue weighted by atomic mass is 16.5. The zero-order valence-electron chi connectivity index (χ0n) is 19.6. The van der Waals surface area contributed by atoms with Gasteiger partial charge >= 0.3 is 0 Å². The lowest BCUT2D eigenvalue weighted by Gasteiger charge is -2.37. The van der Waals surface area contributed by atoms with Crippen LogP contribution in [0.5, 0.6) is 5.75 Å². The number of amides is 1. The number of pyridine rings is 1. The predicted molar refractivity (Wildman–Crippen MR) is 126 cm³/mol. The van der Waals surface area contributed by atoms with Gasteiger partial charge in [-0.15, -0.1) is 0 Å². The average Bonchev–Trinajstić information content (AvgIpc) is 3.47. The van der Waals surface area contributed by atoms with Crippen LogP contribution in [0.4, 0.5) is 5.82 Å². The minimum absolute atomic E-state index is 0.0699. The molecule has 3 aliphatic heterocycles. The summed E-state index contributed by atoms with van der Waals surface area (Å²) in [6, 6.07) is 2.28. The third-order valence-electron chi connectivity index (χ3n) is 7.81. The lowest BCUT2D eigenvalue weighted by Crippen LogP contribution is -2.47. The fourth-order valence-corrected chi connectivity index (χ4v) is 5.84. The Bertz CT molecular complexity index is 806. The van der Waals surface area contributed by atoms with Crippen molar-refractivity contribution in [3.8, 4) is 5.75 Å². The normalized spacial score (nSPS) is 30.2. The highest BCUT2D eigenvalue weighted by Crippen LogP contribution is 2.32.